The molecule has 1 unspecified atom stereocenters. The first-order chi connectivity index (χ1) is 8.58. The number of rotatable bonds is 5. The van der Waals surface area contributed by atoms with E-state index >= 15 is 0 Å². The van der Waals surface area contributed by atoms with Gasteiger partial charge in [-0.3, -0.25) is 4.79 Å². The Balaban J connectivity index is 2.77. The van der Waals surface area contributed by atoms with Gasteiger partial charge in [-0.1, -0.05) is 33.3 Å². The predicted molar refractivity (Wildman–Crippen MR) is 72.2 cm³/mol. The van der Waals surface area contributed by atoms with Crippen LogP contribution in [0.25, 0.3) is 0 Å². The van der Waals surface area contributed by atoms with Crippen LogP contribution in [0.2, 0.25) is 0 Å². The standard InChI is InChI=1S/C15H20N2O/c1-4-6-14(11(2)3)17-15(18)13-8-5-7-12(9-13)10-16/h5,7-9,11,14H,4,6H2,1-3H3,(H,17,18). The van der Waals surface area contributed by atoms with Crippen LogP contribution in [0.1, 0.15) is 49.5 Å². The fourth-order valence-electron chi connectivity index (χ4n) is 1.86. The second kappa shape index (κ2) is 6.80. The van der Waals surface area contributed by atoms with Crippen molar-refractivity contribution in [2.24, 2.45) is 5.92 Å². The van der Waals surface area contributed by atoms with Crippen LogP contribution < -0.4 is 5.32 Å². The predicted octanol–water partition coefficient (Wildman–Crippen LogP) is 3.11. The topological polar surface area (TPSA) is 52.9 Å². The van der Waals surface area contributed by atoms with Gasteiger partial charge in [0.05, 0.1) is 11.6 Å². The molecule has 0 aromatic heterocycles. The minimum absolute atomic E-state index is 0.0979. The molecule has 3 heteroatoms. The highest BCUT2D eigenvalue weighted by molar-refractivity contribution is 5.94. The highest BCUT2D eigenvalue weighted by Crippen LogP contribution is 2.10. The Morgan fingerprint density at radius 1 is 1.44 bits per heavy atom. The van der Waals surface area contributed by atoms with Crippen molar-refractivity contribution in [2.75, 3.05) is 0 Å². The molecule has 1 aromatic rings. The van der Waals surface area contributed by atoms with Gasteiger partial charge in [-0.25, -0.2) is 0 Å². The summed E-state index contributed by atoms with van der Waals surface area (Å²) in [5.41, 5.74) is 1.06. The van der Waals surface area contributed by atoms with Crippen molar-refractivity contribution in [2.45, 2.75) is 39.7 Å². The van der Waals surface area contributed by atoms with Crippen LogP contribution >= 0.6 is 0 Å². The number of nitrogens with zero attached hydrogens (tertiary/aromatic N) is 1. The van der Waals surface area contributed by atoms with Gasteiger partial charge < -0.3 is 5.32 Å². The Bertz CT molecular complexity index is 446. The third-order valence-corrected chi connectivity index (χ3v) is 2.97. The molecular formula is C15H20N2O. The number of hydrogen-bond acceptors (Lipinski definition) is 2. The normalized spacial score (nSPS) is 11.9. The third-order valence-electron chi connectivity index (χ3n) is 2.97. The number of nitriles is 1. The fourth-order valence-corrected chi connectivity index (χ4v) is 1.86. The second-order valence-electron chi connectivity index (χ2n) is 4.81. The zero-order chi connectivity index (χ0) is 13.5. The van der Waals surface area contributed by atoms with E-state index in [-0.39, 0.29) is 11.9 Å². The summed E-state index contributed by atoms with van der Waals surface area (Å²) in [6.07, 6.45) is 2.02. The van der Waals surface area contributed by atoms with Gasteiger partial charge in [-0.15, -0.1) is 0 Å². The molecule has 0 spiro atoms. The maximum absolute atomic E-state index is 12.1. The minimum Gasteiger partial charge on any atom is -0.349 e. The lowest BCUT2D eigenvalue weighted by Crippen LogP contribution is -2.38. The molecule has 1 amide bonds. The Morgan fingerprint density at radius 2 is 2.17 bits per heavy atom. The molecule has 0 aliphatic heterocycles. The van der Waals surface area contributed by atoms with Crippen LogP contribution in [0.4, 0.5) is 0 Å². The number of benzene rings is 1. The summed E-state index contributed by atoms with van der Waals surface area (Å²) in [5.74, 6) is 0.312. The molecular weight excluding hydrogens is 224 g/mol. The van der Waals surface area contributed by atoms with Gasteiger partial charge in [0.15, 0.2) is 0 Å². The molecule has 1 atom stereocenters. The summed E-state index contributed by atoms with van der Waals surface area (Å²) >= 11 is 0. The molecule has 0 aliphatic rings. The first kappa shape index (κ1) is 14.2. The average Bonchev–Trinajstić information content (AvgIpc) is 2.38. The van der Waals surface area contributed by atoms with Gasteiger partial charge in [-0.2, -0.15) is 5.26 Å². The smallest absolute Gasteiger partial charge is 0.251 e. The quantitative estimate of drug-likeness (QED) is 0.865. The Hall–Kier alpha value is -1.82. The number of nitrogens with one attached hydrogen (secondary N) is 1. The Labute approximate surface area is 109 Å². The van der Waals surface area contributed by atoms with Crippen molar-refractivity contribution in [3.8, 4) is 6.07 Å². The van der Waals surface area contributed by atoms with Crippen molar-refractivity contribution in [3.05, 3.63) is 35.4 Å². The molecule has 1 rings (SSSR count). The maximum Gasteiger partial charge on any atom is 0.251 e. The largest absolute Gasteiger partial charge is 0.349 e. The Kier molecular flexibility index (Phi) is 5.38. The number of carbonyl (C=O) groups is 1. The fraction of sp³-hybridized carbons (Fsp3) is 0.467. The summed E-state index contributed by atoms with van der Waals surface area (Å²) in [4.78, 5) is 12.1. The molecule has 0 fully saturated rings. The molecule has 0 saturated heterocycles. The molecule has 0 saturated carbocycles. The first-order valence-electron chi connectivity index (χ1n) is 6.39. The van der Waals surface area contributed by atoms with E-state index in [1.807, 2.05) is 6.07 Å². The van der Waals surface area contributed by atoms with E-state index in [4.69, 9.17) is 5.26 Å². The van der Waals surface area contributed by atoms with E-state index in [1.54, 1.807) is 24.3 Å². The lowest BCUT2D eigenvalue weighted by molar-refractivity contribution is 0.0923. The third kappa shape index (κ3) is 3.89. The van der Waals surface area contributed by atoms with Crippen molar-refractivity contribution in [1.29, 1.82) is 5.26 Å². The highest BCUT2D eigenvalue weighted by atomic mass is 16.1. The number of amides is 1. The lowest BCUT2D eigenvalue weighted by atomic mass is 9.99. The van der Waals surface area contributed by atoms with Crippen LogP contribution in [0, 0.1) is 17.2 Å². The summed E-state index contributed by atoms with van der Waals surface area (Å²) in [6.45, 7) is 6.32. The molecule has 0 aliphatic carbocycles. The van der Waals surface area contributed by atoms with E-state index in [1.165, 1.54) is 0 Å². The number of carbonyl (C=O) groups excluding carboxylic acids is 1. The summed E-state index contributed by atoms with van der Waals surface area (Å²) in [5, 5.41) is 11.9. The van der Waals surface area contributed by atoms with Gasteiger partial charge in [0.25, 0.3) is 5.91 Å². The van der Waals surface area contributed by atoms with E-state index in [0.29, 0.717) is 17.0 Å². The zero-order valence-electron chi connectivity index (χ0n) is 11.2. The zero-order valence-corrected chi connectivity index (χ0v) is 11.2. The van der Waals surface area contributed by atoms with Gasteiger partial charge in [-0.05, 0) is 30.5 Å². The van der Waals surface area contributed by atoms with E-state index < -0.39 is 0 Å². The summed E-state index contributed by atoms with van der Waals surface area (Å²) < 4.78 is 0. The molecule has 96 valence electrons. The van der Waals surface area contributed by atoms with Crippen LogP contribution in [0.5, 0.6) is 0 Å². The van der Waals surface area contributed by atoms with Gasteiger partial charge in [0, 0.05) is 11.6 Å². The molecule has 1 aromatic carbocycles. The van der Waals surface area contributed by atoms with Crippen molar-refractivity contribution >= 4 is 5.91 Å². The summed E-state index contributed by atoms with van der Waals surface area (Å²) in [6, 6.07) is 9.02. The van der Waals surface area contributed by atoms with E-state index in [9.17, 15) is 4.79 Å². The SMILES string of the molecule is CCCC(NC(=O)c1cccc(C#N)c1)C(C)C. The average molecular weight is 244 g/mol. The molecule has 0 heterocycles. The molecule has 3 nitrogen and oxygen atoms in total. The molecule has 0 bridgehead atoms. The van der Waals surface area contributed by atoms with Gasteiger partial charge in [0.1, 0.15) is 0 Å². The van der Waals surface area contributed by atoms with Crippen LogP contribution in [0.15, 0.2) is 24.3 Å². The van der Waals surface area contributed by atoms with Crippen LogP contribution in [0.3, 0.4) is 0 Å². The minimum atomic E-state index is -0.0979. The number of hydrogen-bond donors (Lipinski definition) is 1. The second-order valence-corrected chi connectivity index (χ2v) is 4.81. The van der Waals surface area contributed by atoms with E-state index in [0.717, 1.165) is 12.8 Å². The van der Waals surface area contributed by atoms with Crippen LogP contribution in [-0.2, 0) is 0 Å². The lowest BCUT2D eigenvalue weighted by Gasteiger charge is -2.21. The van der Waals surface area contributed by atoms with Gasteiger partial charge in [0.2, 0.25) is 0 Å². The molecule has 18 heavy (non-hydrogen) atoms. The van der Waals surface area contributed by atoms with Crippen LogP contribution in [-0.4, -0.2) is 11.9 Å². The maximum atomic E-state index is 12.1. The van der Waals surface area contributed by atoms with Gasteiger partial charge >= 0.3 is 0 Å². The molecule has 1 N–H and O–H groups in total. The molecule has 0 radical (unpaired) electrons. The highest BCUT2D eigenvalue weighted by Gasteiger charge is 2.16. The monoisotopic (exact) mass is 244 g/mol. The Morgan fingerprint density at radius 3 is 2.72 bits per heavy atom. The van der Waals surface area contributed by atoms with E-state index in [2.05, 4.69) is 26.1 Å². The van der Waals surface area contributed by atoms with Crippen molar-refractivity contribution in [3.63, 3.8) is 0 Å². The van der Waals surface area contributed by atoms with Crippen molar-refractivity contribution < 1.29 is 4.79 Å². The first-order valence-corrected chi connectivity index (χ1v) is 6.39. The summed E-state index contributed by atoms with van der Waals surface area (Å²) in [7, 11) is 0. The van der Waals surface area contributed by atoms with Crippen molar-refractivity contribution in [1.82, 2.24) is 5.32 Å².